The number of nitrogens with zero attached hydrogens (tertiary/aromatic N) is 4. The topological polar surface area (TPSA) is 34.0 Å². The highest BCUT2D eigenvalue weighted by atomic mass is 35.5. The minimum Gasteiger partial charge on any atom is -0.308 e. The van der Waals surface area contributed by atoms with E-state index in [1.165, 1.54) is 32.1 Å². The first-order chi connectivity index (χ1) is 12.1. The van der Waals surface area contributed by atoms with Crippen molar-refractivity contribution in [2.75, 3.05) is 13.6 Å². The Morgan fingerprint density at radius 1 is 1.20 bits per heavy atom. The monoisotopic (exact) mass is 378 g/mol. The molecule has 0 atom stereocenters. The van der Waals surface area contributed by atoms with Crippen LogP contribution in [0.25, 0.3) is 0 Å². The summed E-state index contributed by atoms with van der Waals surface area (Å²) in [6.07, 6.45) is 6.95. The zero-order valence-corrected chi connectivity index (χ0v) is 16.7. The fourth-order valence-electron chi connectivity index (χ4n) is 3.48. The van der Waals surface area contributed by atoms with Crippen molar-refractivity contribution in [3.63, 3.8) is 0 Å². The van der Waals surface area contributed by atoms with Gasteiger partial charge in [0.05, 0.1) is 6.54 Å². The van der Waals surface area contributed by atoms with Gasteiger partial charge in [0.2, 0.25) is 0 Å². The third-order valence-corrected chi connectivity index (χ3v) is 6.38. The van der Waals surface area contributed by atoms with Crippen LogP contribution in [0.4, 0.5) is 0 Å². The van der Waals surface area contributed by atoms with Gasteiger partial charge in [-0.05, 0) is 37.4 Å². The van der Waals surface area contributed by atoms with Crippen LogP contribution in [0.15, 0.2) is 29.4 Å². The van der Waals surface area contributed by atoms with Crippen molar-refractivity contribution in [2.45, 2.75) is 49.6 Å². The second-order valence-corrected chi connectivity index (χ2v) is 8.39. The molecule has 0 spiro atoms. The summed E-state index contributed by atoms with van der Waals surface area (Å²) in [6, 6.07) is 7.97. The summed E-state index contributed by atoms with van der Waals surface area (Å²) in [6.45, 7) is 2.02. The summed E-state index contributed by atoms with van der Waals surface area (Å²) in [5, 5.41) is 10.5. The van der Waals surface area contributed by atoms with E-state index >= 15 is 0 Å². The zero-order chi connectivity index (χ0) is 17.6. The number of hydrogen-bond acceptors (Lipinski definition) is 4. The second kappa shape index (κ2) is 9.06. The quantitative estimate of drug-likeness (QED) is 0.649. The second-order valence-electron chi connectivity index (χ2n) is 7.04. The van der Waals surface area contributed by atoms with E-state index < -0.39 is 0 Å². The van der Waals surface area contributed by atoms with Gasteiger partial charge >= 0.3 is 0 Å². The minimum absolute atomic E-state index is 0.809. The first-order valence-corrected chi connectivity index (χ1v) is 10.4. The van der Waals surface area contributed by atoms with E-state index in [-0.39, 0.29) is 0 Å². The number of thioether (sulfide) groups is 1. The highest BCUT2D eigenvalue weighted by molar-refractivity contribution is 7.98. The Balaban J connectivity index is 1.54. The molecule has 4 nitrogen and oxygen atoms in total. The maximum atomic E-state index is 6.23. The van der Waals surface area contributed by atoms with Crippen molar-refractivity contribution in [1.82, 2.24) is 19.7 Å². The van der Waals surface area contributed by atoms with Crippen molar-refractivity contribution in [3.05, 3.63) is 40.7 Å². The maximum absolute atomic E-state index is 6.23. The molecule has 1 heterocycles. The lowest BCUT2D eigenvalue weighted by molar-refractivity contribution is 0.222. The SMILES string of the molecule is CN(Cc1nnc(SCc2ccccc2Cl)n1C)CC1CCCCC1. The van der Waals surface area contributed by atoms with E-state index in [9.17, 15) is 0 Å². The number of rotatable bonds is 7. The van der Waals surface area contributed by atoms with Gasteiger partial charge in [0.1, 0.15) is 5.82 Å². The molecule has 0 N–H and O–H groups in total. The van der Waals surface area contributed by atoms with E-state index in [0.717, 1.165) is 46.3 Å². The van der Waals surface area contributed by atoms with Crippen molar-refractivity contribution in [2.24, 2.45) is 13.0 Å². The van der Waals surface area contributed by atoms with Crippen molar-refractivity contribution < 1.29 is 0 Å². The lowest BCUT2D eigenvalue weighted by atomic mass is 9.89. The molecule has 1 aromatic heterocycles. The number of halogens is 1. The Hall–Kier alpha value is -1.04. The summed E-state index contributed by atoms with van der Waals surface area (Å²) in [5.41, 5.74) is 1.13. The highest BCUT2D eigenvalue weighted by Crippen LogP contribution is 2.26. The Labute approximate surface area is 160 Å². The van der Waals surface area contributed by atoms with Crippen LogP contribution >= 0.6 is 23.4 Å². The molecule has 1 saturated carbocycles. The van der Waals surface area contributed by atoms with Crippen LogP contribution in [0.3, 0.4) is 0 Å². The largest absolute Gasteiger partial charge is 0.308 e. The van der Waals surface area contributed by atoms with Gasteiger partial charge in [-0.1, -0.05) is 60.8 Å². The van der Waals surface area contributed by atoms with Crippen LogP contribution in [-0.2, 0) is 19.3 Å². The van der Waals surface area contributed by atoms with Crippen LogP contribution in [0.1, 0.15) is 43.5 Å². The van der Waals surface area contributed by atoms with Gasteiger partial charge in [0.15, 0.2) is 5.16 Å². The lowest BCUT2D eigenvalue weighted by Gasteiger charge is -2.26. The van der Waals surface area contributed by atoms with E-state index in [1.807, 2.05) is 18.2 Å². The molecule has 6 heteroatoms. The Morgan fingerprint density at radius 2 is 1.96 bits per heavy atom. The number of benzene rings is 1. The third kappa shape index (κ3) is 5.22. The van der Waals surface area contributed by atoms with E-state index in [0.29, 0.717) is 0 Å². The van der Waals surface area contributed by atoms with Crippen LogP contribution in [0.2, 0.25) is 5.02 Å². The highest BCUT2D eigenvalue weighted by Gasteiger charge is 2.17. The molecular weight excluding hydrogens is 352 g/mol. The molecular formula is C19H27ClN4S. The van der Waals surface area contributed by atoms with Crippen molar-refractivity contribution >= 4 is 23.4 Å². The van der Waals surface area contributed by atoms with Crippen molar-refractivity contribution in [1.29, 1.82) is 0 Å². The van der Waals surface area contributed by atoms with Crippen LogP contribution in [-0.4, -0.2) is 33.3 Å². The lowest BCUT2D eigenvalue weighted by Crippen LogP contribution is -2.27. The van der Waals surface area contributed by atoms with Crippen LogP contribution in [0, 0.1) is 5.92 Å². The molecule has 0 unspecified atom stereocenters. The van der Waals surface area contributed by atoms with E-state index in [4.69, 9.17) is 11.6 Å². The molecule has 1 fully saturated rings. The average molecular weight is 379 g/mol. The van der Waals surface area contributed by atoms with Crippen molar-refractivity contribution in [3.8, 4) is 0 Å². The predicted molar refractivity (Wildman–Crippen MR) is 105 cm³/mol. The minimum atomic E-state index is 0.809. The molecule has 0 aliphatic heterocycles. The molecule has 0 amide bonds. The molecule has 3 rings (SSSR count). The fourth-order valence-corrected chi connectivity index (χ4v) is 4.70. The molecule has 0 radical (unpaired) electrons. The Bertz CT molecular complexity index is 682. The standard InChI is InChI=1S/C19H27ClN4S/c1-23(12-15-8-4-3-5-9-15)13-18-21-22-19(24(18)2)25-14-16-10-6-7-11-17(16)20/h6-7,10-11,15H,3-5,8-9,12-14H2,1-2H3. The molecule has 2 aromatic rings. The molecule has 1 aliphatic rings. The van der Waals surface area contributed by atoms with Gasteiger partial charge in [-0.2, -0.15) is 0 Å². The Morgan fingerprint density at radius 3 is 2.72 bits per heavy atom. The van der Waals surface area contributed by atoms with E-state index in [1.54, 1.807) is 11.8 Å². The molecule has 136 valence electrons. The van der Waals surface area contributed by atoms with Gasteiger partial charge in [-0.3, -0.25) is 4.90 Å². The third-order valence-electron chi connectivity index (χ3n) is 4.95. The normalized spacial score (nSPS) is 15.8. The summed E-state index contributed by atoms with van der Waals surface area (Å²) in [5.74, 6) is 2.69. The van der Waals surface area contributed by atoms with Gasteiger partial charge in [-0.15, -0.1) is 10.2 Å². The molecule has 0 saturated heterocycles. The smallest absolute Gasteiger partial charge is 0.191 e. The van der Waals surface area contributed by atoms with Gasteiger partial charge in [-0.25, -0.2) is 0 Å². The summed E-state index contributed by atoms with van der Waals surface area (Å²) < 4.78 is 2.11. The first kappa shape index (κ1) is 18.7. The van der Waals surface area contributed by atoms with Crippen LogP contribution < -0.4 is 0 Å². The maximum Gasteiger partial charge on any atom is 0.191 e. The Kier molecular flexibility index (Phi) is 6.79. The van der Waals surface area contributed by atoms with Crippen LogP contribution in [0.5, 0.6) is 0 Å². The molecule has 1 aliphatic carbocycles. The van der Waals surface area contributed by atoms with E-state index in [2.05, 4.69) is 39.8 Å². The summed E-state index contributed by atoms with van der Waals surface area (Å²) in [4.78, 5) is 2.39. The first-order valence-electron chi connectivity index (χ1n) is 9.06. The molecule has 1 aromatic carbocycles. The van der Waals surface area contributed by atoms with Gasteiger partial charge < -0.3 is 4.57 Å². The zero-order valence-electron chi connectivity index (χ0n) is 15.1. The summed E-state index contributed by atoms with van der Waals surface area (Å²) >= 11 is 7.92. The molecule has 25 heavy (non-hydrogen) atoms. The number of hydrogen-bond donors (Lipinski definition) is 0. The van der Waals surface area contributed by atoms with Gasteiger partial charge in [0.25, 0.3) is 0 Å². The number of aromatic nitrogens is 3. The summed E-state index contributed by atoms with van der Waals surface area (Å²) in [7, 11) is 4.25. The molecule has 0 bridgehead atoms. The average Bonchev–Trinajstić information content (AvgIpc) is 2.95. The fraction of sp³-hybridized carbons (Fsp3) is 0.579. The predicted octanol–water partition coefficient (Wildman–Crippen LogP) is 4.77. The van der Waals surface area contributed by atoms with Gasteiger partial charge in [0, 0.05) is 24.4 Å².